The number of aromatic nitrogens is 4. The summed E-state index contributed by atoms with van der Waals surface area (Å²) in [5.74, 6) is 0.575. The number of carbonyl (C=O) groups is 1. The lowest BCUT2D eigenvalue weighted by Crippen LogP contribution is -2.11. The van der Waals surface area contributed by atoms with Crippen LogP contribution >= 0.6 is 11.8 Å². The number of nitrogens with zero attached hydrogens (tertiary/aromatic N) is 3. The van der Waals surface area contributed by atoms with E-state index in [1.807, 2.05) is 54.6 Å². The van der Waals surface area contributed by atoms with Crippen LogP contribution in [0.3, 0.4) is 0 Å². The van der Waals surface area contributed by atoms with Gasteiger partial charge in [0.1, 0.15) is 11.4 Å². The van der Waals surface area contributed by atoms with Crippen LogP contribution in [0.2, 0.25) is 0 Å². The van der Waals surface area contributed by atoms with Crippen LogP contribution in [0.4, 0.5) is 5.69 Å². The van der Waals surface area contributed by atoms with Crippen LogP contribution in [-0.4, -0.2) is 26.1 Å². The fraction of sp³-hybridized carbons (Fsp3) is 0.0526. The first kappa shape index (κ1) is 16.3. The highest BCUT2D eigenvalue weighted by atomic mass is 32.2. The molecule has 0 saturated carbocycles. The van der Waals surface area contributed by atoms with Gasteiger partial charge in [0.15, 0.2) is 5.65 Å². The summed E-state index contributed by atoms with van der Waals surface area (Å²) in [6, 6.07) is 17.0. The van der Waals surface area contributed by atoms with Crippen molar-refractivity contribution >= 4 is 34.4 Å². The van der Waals surface area contributed by atoms with Crippen molar-refractivity contribution in [1.29, 1.82) is 0 Å². The van der Waals surface area contributed by atoms with E-state index in [9.17, 15) is 4.79 Å². The summed E-state index contributed by atoms with van der Waals surface area (Å²) in [6.07, 6.45) is 3.24. The van der Waals surface area contributed by atoms with Crippen molar-refractivity contribution < 1.29 is 4.79 Å². The Kier molecular flexibility index (Phi) is 4.61. The summed E-state index contributed by atoms with van der Waals surface area (Å²) in [7, 11) is 0. The maximum Gasteiger partial charge on any atom is 0.255 e. The van der Waals surface area contributed by atoms with Crippen molar-refractivity contribution in [3.05, 3.63) is 78.2 Å². The minimum absolute atomic E-state index is 0.123. The van der Waals surface area contributed by atoms with Gasteiger partial charge in [-0.25, -0.2) is 9.97 Å². The number of H-pyrrole nitrogens is 1. The Morgan fingerprint density at radius 2 is 1.96 bits per heavy atom. The van der Waals surface area contributed by atoms with E-state index in [1.54, 1.807) is 18.0 Å². The number of benzene rings is 2. The van der Waals surface area contributed by atoms with Crippen molar-refractivity contribution in [2.24, 2.45) is 0 Å². The minimum Gasteiger partial charge on any atom is -0.322 e. The molecule has 0 aliphatic heterocycles. The van der Waals surface area contributed by atoms with E-state index in [0.717, 1.165) is 27.3 Å². The van der Waals surface area contributed by atoms with Crippen LogP contribution in [0.5, 0.6) is 0 Å². The predicted molar refractivity (Wildman–Crippen MR) is 102 cm³/mol. The SMILES string of the molecule is O=C(Nc1ccccc1)c1cccc(CSc2ncnc3[nH]ncc23)c1. The topological polar surface area (TPSA) is 83.6 Å². The van der Waals surface area contributed by atoms with Crippen LogP contribution in [0.1, 0.15) is 15.9 Å². The Morgan fingerprint density at radius 3 is 2.85 bits per heavy atom. The Bertz CT molecular complexity index is 1050. The van der Waals surface area contributed by atoms with Crippen LogP contribution in [0, 0.1) is 0 Å². The molecule has 0 fully saturated rings. The molecule has 0 radical (unpaired) electrons. The molecular formula is C19H15N5OS. The number of thioether (sulfide) groups is 1. The first-order valence-corrected chi connectivity index (χ1v) is 9.00. The number of para-hydroxylation sites is 1. The van der Waals surface area contributed by atoms with Gasteiger partial charge in [-0.1, -0.05) is 30.3 Å². The molecule has 0 saturated heterocycles. The summed E-state index contributed by atoms with van der Waals surface area (Å²) in [5.41, 5.74) is 3.17. The van der Waals surface area contributed by atoms with Gasteiger partial charge in [-0.3, -0.25) is 9.89 Å². The molecule has 0 aliphatic rings. The van der Waals surface area contributed by atoms with Crippen molar-refractivity contribution in [3.8, 4) is 0 Å². The first-order valence-electron chi connectivity index (χ1n) is 8.02. The highest BCUT2D eigenvalue weighted by molar-refractivity contribution is 7.98. The number of aromatic amines is 1. The smallest absolute Gasteiger partial charge is 0.255 e. The van der Waals surface area contributed by atoms with E-state index in [4.69, 9.17) is 0 Å². The molecule has 0 bridgehead atoms. The second-order valence-electron chi connectivity index (χ2n) is 5.62. The van der Waals surface area contributed by atoms with Crippen molar-refractivity contribution in [1.82, 2.24) is 20.2 Å². The summed E-state index contributed by atoms with van der Waals surface area (Å²) in [5, 5.41) is 11.5. The molecule has 2 aromatic carbocycles. The number of anilines is 1. The van der Waals surface area contributed by atoms with Crippen LogP contribution in [0.25, 0.3) is 11.0 Å². The predicted octanol–water partition coefficient (Wildman–Crippen LogP) is 3.90. The molecule has 2 heterocycles. The number of carbonyl (C=O) groups excluding carboxylic acids is 1. The number of nitrogens with one attached hydrogen (secondary N) is 2. The van der Waals surface area contributed by atoms with Gasteiger partial charge in [-0.05, 0) is 29.8 Å². The molecule has 1 amide bonds. The number of fused-ring (bicyclic) bond motifs is 1. The van der Waals surface area contributed by atoms with E-state index in [2.05, 4.69) is 25.5 Å². The number of hydrogen-bond donors (Lipinski definition) is 2. The molecule has 6 nitrogen and oxygen atoms in total. The van der Waals surface area contributed by atoms with Gasteiger partial charge in [-0.2, -0.15) is 5.10 Å². The molecule has 2 aromatic heterocycles. The summed E-state index contributed by atoms with van der Waals surface area (Å²) >= 11 is 1.59. The van der Waals surface area contributed by atoms with Crippen molar-refractivity contribution in [2.75, 3.05) is 5.32 Å². The van der Waals surface area contributed by atoms with E-state index >= 15 is 0 Å². The summed E-state index contributed by atoms with van der Waals surface area (Å²) in [6.45, 7) is 0. The van der Waals surface area contributed by atoms with Crippen molar-refractivity contribution in [2.45, 2.75) is 10.8 Å². The lowest BCUT2D eigenvalue weighted by molar-refractivity contribution is 0.102. The molecular weight excluding hydrogens is 346 g/mol. The molecule has 4 aromatic rings. The molecule has 0 spiro atoms. The molecule has 2 N–H and O–H groups in total. The van der Waals surface area contributed by atoms with E-state index in [1.165, 1.54) is 6.33 Å². The Labute approximate surface area is 154 Å². The van der Waals surface area contributed by atoms with E-state index < -0.39 is 0 Å². The lowest BCUT2D eigenvalue weighted by Gasteiger charge is -2.07. The van der Waals surface area contributed by atoms with Gasteiger partial charge in [0.05, 0.1) is 11.6 Å². The van der Waals surface area contributed by atoms with E-state index in [0.29, 0.717) is 11.3 Å². The molecule has 26 heavy (non-hydrogen) atoms. The average Bonchev–Trinajstić information content (AvgIpc) is 3.17. The number of hydrogen-bond acceptors (Lipinski definition) is 5. The average molecular weight is 361 g/mol. The highest BCUT2D eigenvalue weighted by Crippen LogP contribution is 2.26. The quantitative estimate of drug-likeness (QED) is 0.416. The highest BCUT2D eigenvalue weighted by Gasteiger charge is 2.09. The Morgan fingerprint density at radius 1 is 1.08 bits per heavy atom. The Hall–Kier alpha value is -3.19. The zero-order chi connectivity index (χ0) is 17.8. The number of rotatable bonds is 5. The van der Waals surface area contributed by atoms with Gasteiger partial charge in [0.2, 0.25) is 0 Å². The largest absolute Gasteiger partial charge is 0.322 e. The monoisotopic (exact) mass is 361 g/mol. The minimum atomic E-state index is -0.123. The summed E-state index contributed by atoms with van der Waals surface area (Å²) < 4.78 is 0. The molecule has 128 valence electrons. The third-order valence-corrected chi connectivity index (χ3v) is 4.88. The third kappa shape index (κ3) is 3.57. The molecule has 7 heteroatoms. The normalized spacial score (nSPS) is 10.8. The van der Waals surface area contributed by atoms with Crippen LogP contribution in [-0.2, 0) is 5.75 Å². The van der Waals surface area contributed by atoms with E-state index in [-0.39, 0.29) is 5.91 Å². The second kappa shape index (κ2) is 7.37. The number of amides is 1. The zero-order valence-corrected chi connectivity index (χ0v) is 14.5. The van der Waals surface area contributed by atoms with Gasteiger partial charge in [-0.15, -0.1) is 11.8 Å². The lowest BCUT2D eigenvalue weighted by atomic mass is 10.1. The van der Waals surface area contributed by atoms with Gasteiger partial charge in [0.25, 0.3) is 5.91 Å². The van der Waals surface area contributed by atoms with Crippen LogP contribution in [0.15, 0.2) is 72.1 Å². The maximum absolute atomic E-state index is 12.4. The molecule has 4 rings (SSSR count). The molecule has 0 aliphatic carbocycles. The fourth-order valence-corrected chi connectivity index (χ4v) is 3.45. The van der Waals surface area contributed by atoms with Gasteiger partial charge in [0, 0.05) is 17.0 Å². The third-order valence-electron chi connectivity index (χ3n) is 3.81. The van der Waals surface area contributed by atoms with Crippen LogP contribution < -0.4 is 5.32 Å². The maximum atomic E-state index is 12.4. The summed E-state index contributed by atoms with van der Waals surface area (Å²) in [4.78, 5) is 20.9. The van der Waals surface area contributed by atoms with Gasteiger partial charge < -0.3 is 5.32 Å². The standard InChI is InChI=1S/C19H15N5OS/c25-18(23-15-7-2-1-3-8-15)14-6-4-5-13(9-14)11-26-19-16-10-22-24-17(16)20-12-21-19/h1-10,12H,11H2,(H,23,25)(H,20,21,22,24). The zero-order valence-electron chi connectivity index (χ0n) is 13.7. The van der Waals surface area contributed by atoms with Gasteiger partial charge >= 0.3 is 0 Å². The fourth-order valence-electron chi connectivity index (χ4n) is 2.54. The van der Waals surface area contributed by atoms with Crippen molar-refractivity contribution in [3.63, 3.8) is 0 Å². The molecule has 0 unspecified atom stereocenters. The Balaban J connectivity index is 1.47. The second-order valence-corrected chi connectivity index (χ2v) is 6.58. The molecule has 0 atom stereocenters. The first-order chi connectivity index (χ1) is 12.8.